The van der Waals surface area contributed by atoms with E-state index in [1.54, 1.807) is 0 Å². The van der Waals surface area contributed by atoms with Crippen LogP contribution in [0.2, 0.25) is 5.02 Å². The maximum Gasteiger partial charge on any atom is 0.0586 e. The molecule has 0 unspecified atom stereocenters. The predicted molar refractivity (Wildman–Crippen MR) is 50.1 cm³/mol. The van der Waals surface area contributed by atoms with Gasteiger partial charge in [-0.25, -0.2) is 0 Å². The summed E-state index contributed by atoms with van der Waals surface area (Å²) in [6, 6.07) is 3.68. The zero-order valence-electron chi connectivity index (χ0n) is 6.61. The lowest BCUT2D eigenvalue weighted by Crippen LogP contribution is -1.96. The summed E-state index contributed by atoms with van der Waals surface area (Å²) in [4.78, 5) is 0. The van der Waals surface area contributed by atoms with Crippen molar-refractivity contribution in [2.45, 2.75) is 6.92 Å². The Balaban J connectivity index is 3.21. The summed E-state index contributed by atoms with van der Waals surface area (Å²) in [5.41, 5.74) is 8.29. The van der Waals surface area contributed by atoms with Crippen molar-refractivity contribution in [3.63, 3.8) is 0 Å². The maximum absolute atomic E-state index is 5.87. The van der Waals surface area contributed by atoms with Gasteiger partial charge in [0.2, 0.25) is 0 Å². The summed E-state index contributed by atoms with van der Waals surface area (Å²) in [6.07, 6.45) is 0. The summed E-state index contributed by atoms with van der Waals surface area (Å²) in [7, 11) is 1.82. The number of benzene rings is 1. The molecule has 0 radical (unpaired) electrons. The van der Waals surface area contributed by atoms with Gasteiger partial charge in [0.25, 0.3) is 0 Å². The minimum atomic E-state index is 0.731. The number of halogens is 1. The summed E-state index contributed by atoms with van der Waals surface area (Å²) in [5.74, 6) is 0. The van der Waals surface area contributed by atoms with E-state index >= 15 is 0 Å². The molecule has 2 nitrogen and oxygen atoms in total. The Morgan fingerprint density at radius 2 is 2.09 bits per heavy atom. The van der Waals surface area contributed by atoms with E-state index in [2.05, 4.69) is 5.32 Å². The van der Waals surface area contributed by atoms with E-state index in [4.69, 9.17) is 17.3 Å². The number of hydrogen-bond donors (Lipinski definition) is 2. The molecule has 0 amide bonds. The minimum Gasteiger partial charge on any atom is -0.397 e. The highest BCUT2D eigenvalue weighted by Crippen LogP contribution is 2.25. The van der Waals surface area contributed by atoms with E-state index in [1.165, 1.54) is 0 Å². The normalized spacial score (nSPS) is 9.73. The molecule has 3 N–H and O–H groups in total. The van der Waals surface area contributed by atoms with E-state index in [-0.39, 0.29) is 0 Å². The zero-order chi connectivity index (χ0) is 8.43. The number of anilines is 2. The van der Waals surface area contributed by atoms with Crippen LogP contribution in [0.15, 0.2) is 12.1 Å². The first-order valence-electron chi connectivity index (χ1n) is 3.38. The van der Waals surface area contributed by atoms with Crippen molar-refractivity contribution in [1.29, 1.82) is 0 Å². The van der Waals surface area contributed by atoms with Crippen LogP contribution in [0.25, 0.3) is 0 Å². The highest BCUT2D eigenvalue weighted by Gasteiger charge is 2.00. The Morgan fingerprint density at radius 3 is 2.64 bits per heavy atom. The van der Waals surface area contributed by atoms with E-state index < -0.39 is 0 Å². The lowest BCUT2D eigenvalue weighted by molar-refractivity contribution is 1.44. The summed E-state index contributed by atoms with van der Waals surface area (Å²) < 4.78 is 0. The molecule has 0 heterocycles. The fraction of sp³-hybridized carbons (Fsp3) is 0.250. The van der Waals surface area contributed by atoms with Crippen molar-refractivity contribution in [3.8, 4) is 0 Å². The van der Waals surface area contributed by atoms with Crippen molar-refractivity contribution in [1.82, 2.24) is 0 Å². The molecule has 0 aliphatic rings. The average molecular weight is 171 g/mol. The molecule has 0 saturated carbocycles. The van der Waals surface area contributed by atoms with E-state index in [0.717, 1.165) is 22.0 Å². The van der Waals surface area contributed by atoms with E-state index in [9.17, 15) is 0 Å². The van der Waals surface area contributed by atoms with Gasteiger partial charge in [-0.2, -0.15) is 0 Å². The largest absolute Gasteiger partial charge is 0.397 e. The fourth-order valence-corrected chi connectivity index (χ4v) is 1.08. The molecule has 1 aromatic carbocycles. The SMILES string of the molecule is CNc1cc(Cl)c(C)cc1N. The second-order valence-electron chi connectivity index (χ2n) is 2.44. The van der Waals surface area contributed by atoms with Gasteiger partial charge in [0.1, 0.15) is 0 Å². The monoisotopic (exact) mass is 170 g/mol. The lowest BCUT2D eigenvalue weighted by atomic mass is 10.2. The van der Waals surface area contributed by atoms with Crippen LogP contribution in [0.3, 0.4) is 0 Å². The molecule has 60 valence electrons. The maximum atomic E-state index is 5.87. The third kappa shape index (κ3) is 1.57. The van der Waals surface area contributed by atoms with Gasteiger partial charge in [-0.3, -0.25) is 0 Å². The summed E-state index contributed by atoms with van der Waals surface area (Å²) in [5, 5.41) is 3.69. The van der Waals surface area contributed by atoms with Crippen molar-refractivity contribution in [2.24, 2.45) is 0 Å². The molecule has 0 aliphatic heterocycles. The molecule has 0 atom stereocenters. The Labute approximate surface area is 71.4 Å². The third-order valence-electron chi connectivity index (χ3n) is 1.60. The number of nitrogens with two attached hydrogens (primary N) is 1. The van der Waals surface area contributed by atoms with Crippen LogP contribution in [-0.2, 0) is 0 Å². The van der Waals surface area contributed by atoms with Gasteiger partial charge in [-0.05, 0) is 24.6 Å². The van der Waals surface area contributed by atoms with Gasteiger partial charge < -0.3 is 11.1 Å². The van der Waals surface area contributed by atoms with Crippen LogP contribution in [-0.4, -0.2) is 7.05 Å². The Kier molecular flexibility index (Phi) is 2.25. The molecule has 11 heavy (non-hydrogen) atoms. The van der Waals surface area contributed by atoms with E-state index in [0.29, 0.717) is 0 Å². The first-order valence-corrected chi connectivity index (χ1v) is 3.76. The Morgan fingerprint density at radius 1 is 1.45 bits per heavy atom. The molecule has 0 aromatic heterocycles. The van der Waals surface area contributed by atoms with Crippen molar-refractivity contribution < 1.29 is 0 Å². The van der Waals surface area contributed by atoms with Gasteiger partial charge in [-0.15, -0.1) is 0 Å². The fourth-order valence-electron chi connectivity index (χ4n) is 0.920. The first-order chi connectivity index (χ1) is 5.15. The van der Waals surface area contributed by atoms with Crippen molar-refractivity contribution in [3.05, 3.63) is 22.7 Å². The molecule has 0 bridgehead atoms. The van der Waals surface area contributed by atoms with Gasteiger partial charge in [-0.1, -0.05) is 11.6 Å². The van der Waals surface area contributed by atoms with Crippen LogP contribution in [0.4, 0.5) is 11.4 Å². The number of nitrogen functional groups attached to an aromatic ring is 1. The molecular weight excluding hydrogens is 160 g/mol. The van der Waals surface area contributed by atoms with Crippen LogP contribution >= 0.6 is 11.6 Å². The summed E-state index contributed by atoms with van der Waals surface area (Å²) in [6.45, 7) is 1.93. The zero-order valence-corrected chi connectivity index (χ0v) is 7.37. The minimum absolute atomic E-state index is 0.731. The highest BCUT2D eigenvalue weighted by atomic mass is 35.5. The van der Waals surface area contributed by atoms with Gasteiger partial charge in [0.05, 0.1) is 11.4 Å². The van der Waals surface area contributed by atoms with Crippen molar-refractivity contribution >= 4 is 23.0 Å². The molecule has 1 aromatic rings. The Bertz CT molecular complexity index is 271. The van der Waals surface area contributed by atoms with Crippen LogP contribution in [0.1, 0.15) is 5.56 Å². The lowest BCUT2D eigenvalue weighted by Gasteiger charge is -2.06. The second kappa shape index (κ2) is 3.01. The first kappa shape index (κ1) is 8.21. The standard InChI is InChI=1S/C8H11ClN2/c1-5-3-7(10)8(11-2)4-6(5)9/h3-4,11H,10H2,1-2H3. The highest BCUT2D eigenvalue weighted by molar-refractivity contribution is 6.31. The molecule has 1 rings (SSSR count). The van der Waals surface area contributed by atoms with Crippen LogP contribution < -0.4 is 11.1 Å². The smallest absolute Gasteiger partial charge is 0.0586 e. The topological polar surface area (TPSA) is 38.0 Å². The van der Waals surface area contributed by atoms with E-state index in [1.807, 2.05) is 26.1 Å². The molecule has 0 aliphatic carbocycles. The number of hydrogen-bond acceptors (Lipinski definition) is 2. The van der Waals surface area contributed by atoms with Crippen LogP contribution in [0, 0.1) is 6.92 Å². The second-order valence-corrected chi connectivity index (χ2v) is 2.85. The molecule has 3 heteroatoms. The predicted octanol–water partition coefficient (Wildman–Crippen LogP) is 2.27. The average Bonchev–Trinajstić information content (AvgIpc) is 1.97. The number of aryl methyl sites for hydroxylation is 1. The van der Waals surface area contributed by atoms with Gasteiger partial charge in [0.15, 0.2) is 0 Å². The van der Waals surface area contributed by atoms with Gasteiger partial charge >= 0.3 is 0 Å². The Hall–Kier alpha value is -0.890. The quantitative estimate of drug-likeness (QED) is 0.635. The third-order valence-corrected chi connectivity index (χ3v) is 2.01. The number of nitrogens with one attached hydrogen (secondary N) is 1. The van der Waals surface area contributed by atoms with Crippen molar-refractivity contribution in [2.75, 3.05) is 18.1 Å². The summed E-state index contributed by atoms with van der Waals surface area (Å²) >= 11 is 5.87. The van der Waals surface area contributed by atoms with Gasteiger partial charge in [0, 0.05) is 12.1 Å². The molecule has 0 saturated heterocycles. The molecule has 0 fully saturated rings. The molecular formula is C8H11ClN2. The number of rotatable bonds is 1. The molecule has 0 spiro atoms. The van der Waals surface area contributed by atoms with Crippen LogP contribution in [0.5, 0.6) is 0 Å².